The lowest BCUT2D eigenvalue weighted by molar-refractivity contribution is 0.156. The third-order valence-electron chi connectivity index (χ3n) is 2.05. The number of thiocarbonyl (C=S) groups is 1. The molecule has 0 spiro atoms. The van der Waals surface area contributed by atoms with E-state index in [4.69, 9.17) is 29.6 Å². The fourth-order valence-electron chi connectivity index (χ4n) is 1.34. The third-order valence-corrected chi connectivity index (χ3v) is 2.50. The van der Waals surface area contributed by atoms with Crippen LogP contribution in [0.2, 0.25) is 5.02 Å². The summed E-state index contributed by atoms with van der Waals surface area (Å²) < 4.78 is 24.5. The Bertz CT molecular complexity index is 398. The molecule has 16 heavy (non-hydrogen) atoms. The SMILES string of the molecule is CN(CC(F)F)c1ccc(Cl)cc1C(N)=S. The van der Waals surface area contributed by atoms with Crippen molar-refractivity contribution in [1.82, 2.24) is 0 Å². The van der Waals surface area contributed by atoms with E-state index in [9.17, 15) is 8.78 Å². The molecule has 0 unspecified atom stereocenters. The van der Waals surface area contributed by atoms with Crippen molar-refractivity contribution < 1.29 is 8.78 Å². The number of hydrogen-bond donors (Lipinski definition) is 1. The maximum absolute atomic E-state index is 12.3. The molecule has 0 heterocycles. The highest BCUT2D eigenvalue weighted by Gasteiger charge is 2.13. The average Bonchev–Trinajstić information content (AvgIpc) is 2.16. The van der Waals surface area contributed by atoms with Gasteiger partial charge < -0.3 is 10.6 Å². The predicted octanol–water partition coefficient (Wildman–Crippen LogP) is 2.68. The molecule has 6 heteroatoms. The van der Waals surface area contributed by atoms with E-state index in [1.807, 2.05) is 0 Å². The van der Waals surface area contributed by atoms with Gasteiger partial charge in [0.25, 0.3) is 6.43 Å². The van der Waals surface area contributed by atoms with Crippen LogP contribution in [0.4, 0.5) is 14.5 Å². The van der Waals surface area contributed by atoms with Crippen LogP contribution in [0.1, 0.15) is 5.56 Å². The van der Waals surface area contributed by atoms with Gasteiger partial charge in [-0.2, -0.15) is 0 Å². The van der Waals surface area contributed by atoms with E-state index < -0.39 is 6.43 Å². The van der Waals surface area contributed by atoms with Gasteiger partial charge in [-0.25, -0.2) is 8.78 Å². The summed E-state index contributed by atoms with van der Waals surface area (Å²) in [4.78, 5) is 1.54. The van der Waals surface area contributed by atoms with Gasteiger partial charge in [-0.05, 0) is 18.2 Å². The molecule has 0 aliphatic rings. The Morgan fingerprint density at radius 3 is 2.69 bits per heavy atom. The Morgan fingerprint density at radius 2 is 2.19 bits per heavy atom. The number of anilines is 1. The number of rotatable bonds is 4. The van der Waals surface area contributed by atoms with Crippen LogP contribution in [-0.2, 0) is 0 Å². The van der Waals surface area contributed by atoms with Crippen LogP contribution in [-0.4, -0.2) is 25.0 Å². The number of alkyl halides is 2. The normalized spacial score (nSPS) is 10.6. The van der Waals surface area contributed by atoms with Crippen molar-refractivity contribution in [2.24, 2.45) is 5.73 Å². The van der Waals surface area contributed by atoms with Crippen molar-refractivity contribution in [3.05, 3.63) is 28.8 Å². The minimum absolute atomic E-state index is 0.138. The maximum Gasteiger partial charge on any atom is 0.255 e. The second kappa shape index (κ2) is 5.41. The molecular formula is C10H11ClF2N2S. The topological polar surface area (TPSA) is 29.3 Å². The molecular weight excluding hydrogens is 254 g/mol. The van der Waals surface area contributed by atoms with Gasteiger partial charge in [-0.3, -0.25) is 0 Å². The number of hydrogen-bond acceptors (Lipinski definition) is 2. The van der Waals surface area contributed by atoms with E-state index in [2.05, 4.69) is 0 Å². The van der Waals surface area contributed by atoms with Crippen molar-refractivity contribution in [2.75, 3.05) is 18.5 Å². The van der Waals surface area contributed by atoms with Gasteiger partial charge in [0, 0.05) is 23.3 Å². The van der Waals surface area contributed by atoms with Gasteiger partial charge in [-0.15, -0.1) is 0 Å². The summed E-state index contributed by atoms with van der Waals surface area (Å²) in [5.74, 6) is 0. The summed E-state index contributed by atoms with van der Waals surface area (Å²) in [7, 11) is 1.55. The summed E-state index contributed by atoms with van der Waals surface area (Å²) >= 11 is 10.6. The van der Waals surface area contributed by atoms with Crippen molar-refractivity contribution in [3.63, 3.8) is 0 Å². The molecule has 1 rings (SSSR count). The van der Waals surface area contributed by atoms with Crippen LogP contribution in [0.3, 0.4) is 0 Å². The summed E-state index contributed by atoms with van der Waals surface area (Å²) in [6.07, 6.45) is -2.42. The number of benzene rings is 1. The fourth-order valence-corrected chi connectivity index (χ4v) is 1.68. The van der Waals surface area contributed by atoms with Gasteiger partial charge in [-0.1, -0.05) is 23.8 Å². The Hall–Kier alpha value is -0.940. The van der Waals surface area contributed by atoms with E-state index in [-0.39, 0.29) is 11.5 Å². The lowest BCUT2D eigenvalue weighted by Crippen LogP contribution is -2.26. The Balaban J connectivity index is 3.07. The molecule has 0 fully saturated rings. The number of halogens is 3. The predicted molar refractivity (Wildman–Crippen MR) is 66.6 cm³/mol. The average molecular weight is 265 g/mol. The molecule has 0 bridgehead atoms. The van der Waals surface area contributed by atoms with Crippen LogP contribution in [0.5, 0.6) is 0 Å². The van der Waals surface area contributed by atoms with Gasteiger partial charge in [0.05, 0.1) is 6.54 Å². The quantitative estimate of drug-likeness (QED) is 0.848. The molecule has 88 valence electrons. The van der Waals surface area contributed by atoms with E-state index in [1.54, 1.807) is 25.2 Å². The first kappa shape index (κ1) is 13.1. The van der Waals surface area contributed by atoms with E-state index in [1.165, 1.54) is 4.90 Å². The lowest BCUT2D eigenvalue weighted by atomic mass is 10.1. The maximum atomic E-state index is 12.3. The van der Waals surface area contributed by atoms with Gasteiger partial charge in [0.15, 0.2) is 0 Å². The zero-order valence-electron chi connectivity index (χ0n) is 8.58. The molecule has 0 saturated carbocycles. The van der Waals surface area contributed by atoms with E-state index in [0.29, 0.717) is 16.3 Å². The van der Waals surface area contributed by atoms with Crippen LogP contribution in [0.25, 0.3) is 0 Å². The number of nitrogens with zero attached hydrogens (tertiary/aromatic N) is 1. The molecule has 2 nitrogen and oxygen atoms in total. The van der Waals surface area contributed by atoms with Crippen LogP contribution in [0.15, 0.2) is 18.2 Å². The smallest absolute Gasteiger partial charge is 0.255 e. The summed E-state index contributed by atoms with van der Waals surface area (Å²) in [5, 5.41) is 0.469. The van der Waals surface area contributed by atoms with E-state index >= 15 is 0 Å². The molecule has 0 radical (unpaired) electrons. The highest BCUT2D eigenvalue weighted by Crippen LogP contribution is 2.24. The standard InChI is InChI=1S/C10H11ClF2N2S/c1-15(5-9(12)13)8-3-2-6(11)4-7(8)10(14)16/h2-4,9H,5H2,1H3,(H2,14,16). The molecule has 0 aromatic heterocycles. The molecule has 0 aliphatic heterocycles. The van der Waals surface area contributed by atoms with Crippen molar-refractivity contribution in [2.45, 2.75) is 6.43 Å². The van der Waals surface area contributed by atoms with Crippen LogP contribution >= 0.6 is 23.8 Å². The number of nitrogens with two attached hydrogens (primary N) is 1. The van der Waals surface area contributed by atoms with Crippen molar-refractivity contribution in [1.29, 1.82) is 0 Å². The zero-order chi connectivity index (χ0) is 12.3. The lowest BCUT2D eigenvalue weighted by Gasteiger charge is -2.21. The highest BCUT2D eigenvalue weighted by atomic mass is 35.5. The monoisotopic (exact) mass is 264 g/mol. The fraction of sp³-hybridized carbons (Fsp3) is 0.300. The summed E-state index contributed by atoms with van der Waals surface area (Å²) in [6.45, 7) is -0.378. The Labute approximate surface area is 103 Å². The molecule has 1 aromatic rings. The van der Waals surface area contributed by atoms with Crippen molar-refractivity contribution in [3.8, 4) is 0 Å². The highest BCUT2D eigenvalue weighted by molar-refractivity contribution is 7.80. The minimum atomic E-state index is -2.42. The molecule has 0 amide bonds. The second-order valence-corrected chi connectivity index (χ2v) is 4.17. The third kappa shape index (κ3) is 3.28. The first-order valence-corrected chi connectivity index (χ1v) is 5.29. The molecule has 0 atom stereocenters. The Kier molecular flexibility index (Phi) is 4.44. The summed E-state index contributed by atoms with van der Waals surface area (Å²) in [6, 6.07) is 4.81. The van der Waals surface area contributed by atoms with Gasteiger partial charge >= 0.3 is 0 Å². The first-order valence-electron chi connectivity index (χ1n) is 4.50. The zero-order valence-corrected chi connectivity index (χ0v) is 10.2. The summed E-state index contributed by atoms with van der Waals surface area (Å²) in [5.41, 5.74) is 6.57. The molecule has 0 saturated heterocycles. The van der Waals surface area contributed by atoms with Crippen LogP contribution < -0.4 is 10.6 Å². The Morgan fingerprint density at radius 1 is 1.56 bits per heavy atom. The molecule has 1 aromatic carbocycles. The van der Waals surface area contributed by atoms with Gasteiger partial charge in [0.2, 0.25) is 0 Å². The van der Waals surface area contributed by atoms with Gasteiger partial charge in [0.1, 0.15) is 4.99 Å². The first-order chi connectivity index (χ1) is 7.41. The molecule has 2 N–H and O–H groups in total. The largest absolute Gasteiger partial charge is 0.389 e. The second-order valence-electron chi connectivity index (χ2n) is 3.30. The van der Waals surface area contributed by atoms with Crippen molar-refractivity contribution >= 4 is 34.5 Å². The van der Waals surface area contributed by atoms with Crippen LogP contribution in [0, 0.1) is 0 Å². The van der Waals surface area contributed by atoms with E-state index in [0.717, 1.165) is 0 Å². The molecule has 0 aliphatic carbocycles. The minimum Gasteiger partial charge on any atom is -0.389 e.